The van der Waals surface area contributed by atoms with Crippen molar-refractivity contribution in [3.63, 3.8) is 0 Å². The predicted octanol–water partition coefficient (Wildman–Crippen LogP) is 4.02. The summed E-state index contributed by atoms with van der Waals surface area (Å²) in [4.78, 5) is 0.370. The first-order valence-corrected chi connectivity index (χ1v) is 9.70. The fraction of sp³-hybridized carbons (Fsp3) is 0.625. The Bertz CT molecular complexity index is 559. The zero-order valence-corrected chi connectivity index (χ0v) is 14.2. The molecule has 1 fully saturated rings. The highest BCUT2D eigenvalue weighted by Gasteiger charge is 2.27. The minimum atomic E-state index is -3.38. The second-order valence-corrected chi connectivity index (χ2v) is 7.98. The van der Waals surface area contributed by atoms with Crippen molar-refractivity contribution >= 4 is 21.6 Å². The van der Waals surface area contributed by atoms with Crippen molar-refractivity contribution in [2.45, 2.75) is 49.8 Å². The number of hydrogen-bond donors (Lipinski definition) is 0. The molecular weight excluding hydrogens is 306 g/mol. The minimum Gasteiger partial charge on any atom is -0.207 e. The molecule has 3 nitrogen and oxygen atoms in total. The third-order valence-corrected chi connectivity index (χ3v) is 6.40. The topological polar surface area (TPSA) is 37.4 Å². The van der Waals surface area contributed by atoms with Gasteiger partial charge in [0, 0.05) is 19.0 Å². The van der Waals surface area contributed by atoms with Gasteiger partial charge >= 0.3 is 0 Å². The molecule has 5 heteroatoms. The van der Waals surface area contributed by atoms with Crippen molar-refractivity contribution in [2.75, 3.05) is 13.1 Å². The summed E-state index contributed by atoms with van der Waals surface area (Å²) in [5.74, 6) is 1.01. The lowest BCUT2D eigenvalue weighted by Crippen LogP contribution is -2.32. The normalized spacial score (nSPS) is 21.1. The van der Waals surface area contributed by atoms with Crippen molar-refractivity contribution in [1.82, 2.24) is 4.31 Å². The molecule has 2 rings (SSSR count). The maximum Gasteiger partial charge on any atom is 0.243 e. The largest absolute Gasteiger partial charge is 0.243 e. The van der Waals surface area contributed by atoms with Crippen LogP contribution in [0.1, 0.15) is 44.6 Å². The highest BCUT2D eigenvalue weighted by atomic mass is 35.5. The number of halogens is 1. The molecule has 0 aromatic heterocycles. The van der Waals surface area contributed by atoms with Gasteiger partial charge in [0.05, 0.1) is 4.90 Å². The van der Waals surface area contributed by atoms with Crippen molar-refractivity contribution in [3.05, 3.63) is 29.8 Å². The average molecular weight is 330 g/mol. The summed E-state index contributed by atoms with van der Waals surface area (Å²) >= 11 is 5.81. The summed E-state index contributed by atoms with van der Waals surface area (Å²) in [5, 5.41) is 0. The molecule has 1 aromatic rings. The first kappa shape index (κ1) is 16.8. The van der Waals surface area contributed by atoms with E-state index in [9.17, 15) is 8.42 Å². The van der Waals surface area contributed by atoms with E-state index in [-0.39, 0.29) is 0 Å². The van der Waals surface area contributed by atoms with Crippen molar-refractivity contribution in [3.8, 4) is 0 Å². The van der Waals surface area contributed by atoms with Gasteiger partial charge in [-0.1, -0.05) is 31.9 Å². The number of rotatable bonds is 5. The van der Waals surface area contributed by atoms with Gasteiger partial charge in [0.1, 0.15) is 0 Å². The monoisotopic (exact) mass is 329 g/mol. The van der Waals surface area contributed by atoms with Crippen LogP contribution in [0.3, 0.4) is 0 Å². The molecule has 0 N–H and O–H groups in total. The van der Waals surface area contributed by atoms with Crippen LogP contribution in [0.4, 0.5) is 0 Å². The van der Waals surface area contributed by atoms with E-state index in [1.807, 2.05) is 6.07 Å². The fourth-order valence-corrected chi connectivity index (χ4v) is 4.74. The second-order valence-electron chi connectivity index (χ2n) is 5.77. The Morgan fingerprint density at radius 1 is 1.29 bits per heavy atom. The summed E-state index contributed by atoms with van der Waals surface area (Å²) < 4.78 is 27.2. The molecule has 1 atom stereocenters. The molecule has 21 heavy (non-hydrogen) atoms. The first-order valence-electron chi connectivity index (χ1n) is 7.73. The zero-order valence-electron chi connectivity index (χ0n) is 12.6. The molecule has 0 amide bonds. The van der Waals surface area contributed by atoms with Crippen LogP contribution in [-0.4, -0.2) is 25.8 Å². The lowest BCUT2D eigenvalue weighted by Gasteiger charge is -2.20. The van der Waals surface area contributed by atoms with Crippen molar-refractivity contribution in [2.24, 2.45) is 5.92 Å². The van der Waals surface area contributed by atoms with Gasteiger partial charge in [0.2, 0.25) is 10.0 Å². The average Bonchev–Trinajstić information content (AvgIpc) is 2.74. The number of nitrogens with zero attached hydrogens (tertiary/aromatic N) is 1. The van der Waals surface area contributed by atoms with Crippen LogP contribution in [-0.2, 0) is 15.9 Å². The summed E-state index contributed by atoms with van der Waals surface area (Å²) in [5.41, 5.74) is 0.844. The van der Waals surface area contributed by atoms with Gasteiger partial charge in [-0.15, -0.1) is 11.6 Å². The Labute approximate surface area is 133 Å². The lowest BCUT2D eigenvalue weighted by atomic mass is 9.96. The minimum absolute atomic E-state index is 0.335. The van der Waals surface area contributed by atoms with Crippen molar-refractivity contribution < 1.29 is 8.42 Å². The van der Waals surface area contributed by atoms with E-state index < -0.39 is 10.0 Å². The molecule has 1 unspecified atom stereocenters. The summed E-state index contributed by atoms with van der Waals surface area (Å²) in [6, 6.07) is 6.98. The number of sulfonamides is 1. The van der Waals surface area contributed by atoms with Crippen LogP contribution in [0.25, 0.3) is 0 Å². The van der Waals surface area contributed by atoms with E-state index in [2.05, 4.69) is 6.92 Å². The van der Waals surface area contributed by atoms with Crippen LogP contribution in [0.2, 0.25) is 0 Å². The molecule has 1 aromatic carbocycles. The number of benzene rings is 1. The highest BCUT2D eigenvalue weighted by Crippen LogP contribution is 2.26. The molecule has 0 spiro atoms. The first-order chi connectivity index (χ1) is 10.1. The van der Waals surface area contributed by atoms with Crippen LogP contribution in [0.5, 0.6) is 0 Å². The van der Waals surface area contributed by atoms with E-state index in [4.69, 9.17) is 11.6 Å². The summed E-state index contributed by atoms with van der Waals surface area (Å²) in [7, 11) is -3.38. The van der Waals surface area contributed by atoms with Crippen molar-refractivity contribution in [1.29, 1.82) is 0 Å². The van der Waals surface area contributed by atoms with Gasteiger partial charge in [0.25, 0.3) is 0 Å². The van der Waals surface area contributed by atoms with Crippen LogP contribution in [0.15, 0.2) is 29.2 Å². The Balaban J connectivity index is 2.15. The molecule has 1 aliphatic heterocycles. The maximum atomic E-state index is 12.8. The molecule has 1 heterocycles. The molecule has 1 saturated heterocycles. The van der Waals surface area contributed by atoms with Crippen LogP contribution < -0.4 is 0 Å². The highest BCUT2D eigenvalue weighted by molar-refractivity contribution is 7.89. The molecule has 0 saturated carbocycles. The fourth-order valence-electron chi connectivity index (χ4n) is 3.01. The molecule has 0 aliphatic carbocycles. The van der Waals surface area contributed by atoms with E-state index in [1.165, 1.54) is 12.8 Å². The third-order valence-electron chi connectivity index (χ3n) is 4.19. The third kappa shape index (κ3) is 4.21. The van der Waals surface area contributed by atoms with Gasteiger partial charge in [0.15, 0.2) is 0 Å². The van der Waals surface area contributed by atoms with E-state index in [0.717, 1.165) is 24.8 Å². The van der Waals surface area contributed by atoms with Gasteiger partial charge in [-0.25, -0.2) is 8.42 Å². The Morgan fingerprint density at radius 3 is 2.81 bits per heavy atom. The number of hydrogen-bond acceptors (Lipinski definition) is 2. The smallest absolute Gasteiger partial charge is 0.207 e. The lowest BCUT2D eigenvalue weighted by molar-refractivity contribution is 0.400. The quantitative estimate of drug-likeness (QED) is 0.765. The number of alkyl halides is 1. The zero-order chi connectivity index (χ0) is 15.3. The van der Waals surface area contributed by atoms with Gasteiger partial charge in [-0.3, -0.25) is 0 Å². The van der Waals surface area contributed by atoms with Crippen LogP contribution in [0, 0.1) is 5.92 Å². The van der Waals surface area contributed by atoms with Gasteiger partial charge in [-0.2, -0.15) is 4.31 Å². The molecule has 1 aliphatic rings. The summed E-state index contributed by atoms with van der Waals surface area (Å²) in [6.45, 7) is 3.46. The Morgan fingerprint density at radius 2 is 2.10 bits per heavy atom. The maximum absolute atomic E-state index is 12.8. The second kappa shape index (κ2) is 7.61. The van der Waals surface area contributed by atoms with E-state index >= 15 is 0 Å². The standard InChI is InChI=1S/C16H24ClNO2S/c1-2-5-14-7-4-10-18(11-9-14)21(19,20)16-8-3-6-15(12-16)13-17/h3,6,8,12,14H,2,4-5,7,9-11,13H2,1H3. The molecular formula is C16H24ClNO2S. The SMILES string of the molecule is CCCC1CCCN(S(=O)(=O)c2cccc(CCl)c2)CC1. The Kier molecular flexibility index (Phi) is 6.08. The predicted molar refractivity (Wildman–Crippen MR) is 87.0 cm³/mol. The van der Waals surface area contributed by atoms with Gasteiger partial charge < -0.3 is 0 Å². The molecule has 118 valence electrons. The Hall–Kier alpha value is -0.580. The van der Waals surface area contributed by atoms with E-state index in [1.54, 1.807) is 22.5 Å². The van der Waals surface area contributed by atoms with E-state index in [0.29, 0.717) is 29.8 Å². The van der Waals surface area contributed by atoms with Crippen LogP contribution >= 0.6 is 11.6 Å². The summed E-state index contributed by atoms with van der Waals surface area (Å²) in [6.07, 6.45) is 5.45. The molecule has 0 bridgehead atoms. The van der Waals surface area contributed by atoms with Gasteiger partial charge in [-0.05, 0) is 42.9 Å². The molecule has 0 radical (unpaired) electrons.